The van der Waals surface area contributed by atoms with Crippen LogP contribution in [-0.4, -0.2) is 5.97 Å². The van der Waals surface area contributed by atoms with E-state index < -0.39 is 11.8 Å². The van der Waals surface area contributed by atoms with Crippen LogP contribution in [0.5, 0.6) is 0 Å². The average molecular weight is 205 g/mol. The monoisotopic (exact) mass is 205 g/mol. The molecule has 3 nitrogen and oxygen atoms in total. The molecule has 0 fully saturated rings. The van der Waals surface area contributed by atoms with Crippen LogP contribution in [0.1, 0.15) is 10.6 Å². The van der Waals surface area contributed by atoms with Crippen LogP contribution in [0.2, 0.25) is 0 Å². The molecule has 0 N–H and O–H groups in total. The molecule has 0 spiro atoms. The Hall–Kier alpha value is -2.10. The van der Waals surface area contributed by atoms with E-state index in [0.717, 1.165) is 0 Å². The summed E-state index contributed by atoms with van der Waals surface area (Å²) in [6.07, 6.45) is 0. The highest BCUT2D eigenvalue weighted by Gasteiger charge is 2.08. The number of halogens is 1. The Morgan fingerprint density at radius 2 is 1.93 bits per heavy atom. The molecule has 76 valence electrons. The number of carbonyl (C=O) groups excluding carboxylic acids is 1. The van der Waals surface area contributed by atoms with Gasteiger partial charge in [-0.15, -0.1) is 0 Å². The number of carboxylic acid groups (broad SMARTS) is 1. The van der Waals surface area contributed by atoms with Gasteiger partial charge in [0.05, 0.1) is 5.56 Å². The third-order valence-corrected chi connectivity index (χ3v) is 1.95. The van der Waals surface area contributed by atoms with Gasteiger partial charge in [0.25, 0.3) is 0 Å². The first kappa shape index (κ1) is 9.45. The number of hydrogen-bond donors (Lipinski definition) is 0. The van der Waals surface area contributed by atoms with Gasteiger partial charge in [-0.1, -0.05) is 12.1 Å². The normalized spacial score (nSPS) is 10.2. The number of carbonyl (C=O) groups is 1. The lowest BCUT2D eigenvalue weighted by atomic mass is 10.1. The third kappa shape index (κ3) is 1.74. The van der Waals surface area contributed by atoms with Gasteiger partial charge >= 0.3 is 0 Å². The second-order valence-corrected chi connectivity index (χ2v) is 2.93. The minimum absolute atomic E-state index is 0.173. The van der Waals surface area contributed by atoms with Crippen molar-refractivity contribution in [2.75, 3.05) is 0 Å². The van der Waals surface area contributed by atoms with Crippen molar-refractivity contribution in [2.24, 2.45) is 0 Å². The van der Waals surface area contributed by atoms with Gasteiger partial charge in [0.15, 0.2) is 0 Å². The van der Waals surface area contributed by atoms with E-state index in [1.54, 1.807) is 12.1 Å². The Morgan fingerprint density at radius 3 is 2.53 bits per heavy atom. The fraction of sp³-hybridized carbons (Fsp3) is 0. The second kappa shape index (κ2) is 3.57. The van der Waals surface area contributed by atoms with Crippen molar-refractivity contribution < 1.29 is 18.7 Å². The summed E-state index contributed by atoms with van der Waals surface area (Å²) in [5.74, 6) is -2.02. The molecule has 0 saturated heterocycles. The molecular weight excluding hydrogens is 199 g/mol. The number of furan rings is 1. The van der Waals surface area contributed by atoms with Gasteiger partial charge in [0, 0.05) is 0 Å². The Balaban J connectivity index is 2.46. The largest absolute Gasteiger partial charge is 0.542 e. The number of aromatic carboxylic acids is 1. The van der Waals surface area contributed by atoms with Crippen LogP contribution < -0.4 is 5.11 Å². The third-order valence-electron chi connectivity index (χ3n) is 1.95. The summed E-state index contributed by atoms with van der Waals surface area (Å²) < 4.78 is 18.2. The smallest absolute Gasteiger partial charge is 0.150 e. The molecule has 15 heavy (non-hydrogen) atoms. The summed E-state index contributed by atoms with van der Waals surface area (Å²) >= 11 is 0. The zero-order valence-electron chi connectivity index (χ0n) is 7.57. The molecule has 0 radical (unpaired) electrons. The Morgan fingerprint density at radius 1 is 1.20 bits per heavy atom. The Kier molecular flexibility index (Phi) is 2.25. The van der Waals surface area contributed by atoms with E-state index in [1.165, 1.54) is 24.3 Å². The zero-order chi connectivity index (χ0) is 10.8. The summed E-state index contributed by atoms with van der Waals surface area (Å²) in [6, 6.07) is 8.59. The summed E-state index contributed by atoms with van der Waals surface area (Å²) in [4.78, 5) is 10.4. The van der Waals surface area contributed by atoms with E-state index in [-0.39, 0.29) is 17.1 Å². The van der Waals surface area contributed by atoms with Gasteiger partial charge in [0.1, 0.15) is 23.3 Å². The molecule has 0 unspecified atom stereocenters. The molecule has 2 rings (SSSR count). The lowest BCUT2D eigenvalue weighted by Gasteiger charge is -1.99. The number of rotatable bonds is 2. The highest BCUT2D eigenvalue weighted by molar-refractivity contribution is 5.83. The van der Waals surface area contributed by atoms with Crippen molar-refractivity contribution in [1.82, 2.24) is 0 Å². The quantitative estimate of drug-likeness (QED) is 0.745. The molecule has 1 heterocycles. The predicted octanol–water partition coefficient (Wildman–Crippen LogP) is 1.45. The van der Waals surface area contributed by atoms with Crippen LogP contribution in [-0.2, 0) is 0 Å². The zero-order valence-corrected chi connectivity index (χ0v) is 7.57. The topological polar surface area (TPSA) is 53.3 Å². The molecule has 0 atom stereocenters. The maximum absolute atomic E-state index is 13.3. The molecule has 0 aliphatic heterocycles. The van der Waals surface area contributed by atoms with E-state index in [4.69, 9.17) is 4.42 Å². The van der Waals surface area contributed by atoms with Gasteiger partial charge in [-0.05, 0) is 24.3 Å². The molecule has 2 aromatic rings. The fourth-order valence-electron chi connectivity index (χ4n) is 1.25. The van der Waals surface area contributed by atoms with Crippen LogP contribution in [0, 0.1) is 5.82 Å². The van der Waals surface area contributed by atoms with E-state index >= 15 is 0 Å². The van der Waals surface area contributed by atoms with E-state index in [1.807, 2.05) is 0 Å². The molecule has 0 aliphatic rings. The predicted molar refractivity (Wildman–Crippen MR) is 48.4 cm³/mol. The van der Waals surface area contributed by atoms with Crippen molar-refractivity contribution in [3.8, 4) is 11.3 Å². The molecule has 0 saturated carbocycles. The molecule has 0 amide bonds. The maximum atomic E-state index is 13.3. The van der Waals surface area contributed by atoms with Crippen molar-refractivity contribution in [1.29, 1.82) is 0 Å². The first-order valence-corrected chi connectivity index (χ1v) is 4.24. The molecule has 4 heteroatoms. The van der Waals surface area contributed by atoms with Gasteiger partial charge < -0.3 is 14.3 Å². The van der Waals surface area contributed by atoms with Crippen LogP contribution >= 0.6 is 0 Å². The molecular formula is C11H6FO3-. The lowest BCUT2D eigenvalue weighted by Crippen LogP contribution is -2.21. The number of hydrogen-bond acceptors (Lipinski definition) is 3. The van der Waals surface area contributed by atoms with E-state index in [0.29, 0.717) is 0 Å². The van der Waals surface area contributed by atoms with Crippen molar-refractivity contribution >= 4 is 5.97 Å². The van der Waals surface area contributed by atoms with E-state index in [2.05, 4.69) is 0 Å². The fourth-order valence-corrected chi connectivity index (χ4v) is 1.25. The van der Waals surface area contributed by atoms with Gasteiger partial charge in [-0.3, -0.25) is 0 Å². The highest BCUT2D eigenvalue weighted by atomic mass is 19.1. The summed E-state index contributed by atoms with van der Waals surface area (Å²) in [5.41, 5.74) is 0.227. The summed E-state index contributed by atoms with van der Waals surface area (Å²) in [5, 5.41) is 10.4. The Bertz CT molecular complexity index is 502. The molecule has 1 aromatic heterocycles. The SMILES string of the molecule is O=C([O-])c1ccc(-c2ccccc2F)o1. The standard InChI is InChI=1S/C11H7FO3/c12-8-4-2-1-3-7(8)9-5-6-10(15-9)11(13)14/h1-6H,(H,13,14)/p-1. The minimum Gasteiger partial charge on any atom is -0.542 e. The Labute approximate surface area is 84.8 Å². The molecule has 0 aliphatic carbocycles. The van der Waals surface area contributed by atoms with Gasteiger partial charge in [-0.25, -0.2) is 4.39 Å². The minimum atomic E-state index is -1.42. The summed E-state index contributed by atoms with van der Waals surface area (Å²) in [7, 11) is 0. The van der Waals surface area contributed by atoms with Crippen LogP contribution in [0.25, 0.3) is 11.3 Å². The lowest BCUT2D eigenvalue weighted by molar-refractivity contribution is -0.257. The van der Waals surface area contributed by atoms with Gasteiger partial charge in [0.2, 0.25) is 0 Å². The summed E-state index contributed by atoms with van der Waals surface area (Å²) in [6.45, 7) is 0. The van der Waals surface area contributed by atoms with Crippen molar-refractivity contribution in [2.45, 2.75) is 0 Å². The van der Waals surface area contributed by atoms with E-state index in [9.17, 15) is 14.3 Å². The van der Waals surface area contributed by atoms with Crippen molar-refractivity contribution in [3.05, 3.63) is 48.0 Å². The van der Waals surface area contributed by atoms with Crippen LogP contribution in [0.4, 0.5) is 4.39 Å². The van der Waals surface area contributed by atoms with Crippen LogP contribution in [0.15, 0.2) is 40.8 Å². The second-order valence-electron chi connectivity index (χ2n) is 2.93. The average Bonchev–Trinajstić information content (AvgIpc) is 2.67. The first-order valence-electron chi connectivity index (χ1n) is 4.24. The maximum Gasteiger partial charge on any atom is 0.150 e. The van der Waals surface area contributed by atoms with Crippen LogP contribution in [0.3, 0.4) is 0 Å². The highest BCUT2D eigenvalue weighted by Crippen LogP contribution is 2.24. The first-order chi connectivity index (χ1) is 7.18. The number of benzene rings is 1. The van der Waals surface area contributed by atoms with Gasteiger partial charge in [-0.2, -0.15) is 0 Å². The molecule has 0 bridgehead atoms. The van der Waals surface area contributed by atoms with Crippen molar-refractivity contribution in [3.63, 3.8) is 0 Å². The molecule has 1 aromatic carbocycles. The number of carboxylic acids is 1.